The monoisotopic (exact) mass is 254 g/mol. The molecular weight excluding hydrogens is 244 g/mol. The van der Waals surface area contributed by atoms with Crippen LogP contribution in [0, 0.1) is 0 Å². The highest BCUT2D eigenvalue weighted by molar-refractivity contribution is 7.14. The normalized spacial score (nSPS) is 10.4. The molecule has 84 valence electrons. The SMILES string of the molecule is CCOc1ccccc1-c1nnc(CCl)s1. The summed E-state index contributed by atoms with van der Waals surface area (Å²) >= 11 is 7.20. The Labute approximate surface area is 103 Å². The smallest absolute Gasteiger partial charge is 0.151 e. The van der Waals surface area contributed by atoms with E-state index < -0.39 is 0 Å². The number of benzene rings is 1. The van der Waals surface area contributed by atoms with Crippen LogP contribution >= 0.6 is 22.9 Å². The van der Waals surface area contributed by atoms with Gasteiger partial charge in [-0.3, -0.25) is 0 Å². The number of para-hydroxylation sites is 1. The third-order valence-electron chi connectivity index (χ3n) is 2.00. The van der Waals surface area contributed by atoms with E-state index in [0.29, 0.717) is 12.5 Å². The van der Waals surface area contributed by atoms with Gasteiger partial charge in [0.1, 0.15) is 10.8 Å². The highest BCUT2D eigenvalue weighted by Gasteiger charge is 2.10. The molecule has 0 aliphatic rings. The Morgan fingerprint density at radius 1 is 1.31 bits per heavy atom. The Morgan fingerprint density at radius 3 is 2.81 bits per heavy atom. The van der Waals surface area contributed by atoms with Gasteiger partial charge in [-0.15, -0.1) is 21.8 Å². The number of halogens is 1. The van der Waals surface area contributed by atoms with Crippen LogP contribution in [-0.2, 0) is 5.88 Å². The predicted molar refractivity (Wildman–Crippen MR) is 66.1 cm³/mol. The van der Waals surface area contributed by atoms with Gasteiger partial charge in [0.05, 0.1) is 18.1 Å². The molecule has 2 aromatic rings. The van der Waals surface area contributed by atoms with Crippen molar-refractivity contribution < 1.29 is 4.74 Å². The average Bonchev–Trinajstić information content (AvgIpc) is 2.79. The van der Waals surface area contributed by atoms with Crippen molar-refractivity contribution in [1.29, 1.82) is 0 Å². The minimum atomic E-state index is 0.397. The van der Waals surface area contributed by atoms with Gasteiger partial charge in [-0.1, -0.05) is 23.5 Å². The van der Waals surface area contributed by atoms with Gasteiger partial charge in [0.25, 0.3) is 0 Å². The maximum Gasteiger partial charge on any atom is 0.151 e. The molecule has 2 rings (SSSR count). The summed E-state index contributed by atoms with van der Waals surface area (Å²) in [5.41, 5.74) is 0.971. The molecule has 0 saturated carbocycles. The van der Waals surface area contributed by atoms with Crippen LogP contribution in [0.2, 0.25) is 0 Å². The summed E-state index contributed by atoms with van der Waals surface area (Å²) in [6.45, 7) is 2.60. The highest BCUT2D eigenvalue weighted by atomic mass is 35.5. The second-order valence-corrected chi connectivity index (χ2v) is 4.39. The molecule has 16 heavy (non-hydrogen) atoms. The summed E-state index contributed by atoms with van der Waals surface area (Å²) in [6.07, 6.45) is 0. The van der Waals surface area contributed by atoms with Gasteiger partial charge >= 0.3 is 0 Å². The van der Waals surface area contributed by atoms with Crippen LogP contribution in [0.15, 0.2) is 24.3 Å². The lowest BCUT2D eigenvalue weighted by Crippen LogP contribution is -1.93. The quantitative estimate of drug-likeness (QED) is 0.785. The maximum atomic E-state index is 5.71. The Hall–Kier alpha value is -1.13. The van der Waals surface area contributed by atoms with E-state index in [9.17, 15) is 0 Å². The van der Waals surface area contributed by atoms with E-state index in [-0.39, 0.29) is 0 Å². The van der Waals surface area contributed by atoms with E-state index in [1.54, 1.807) is 0 Å². The minimum Gasteiger partial charge on any atom is -0.493 e. The molecule has 0 aliphatic carbocycles. The third kappa shape index (κ3) is 2.33. The second-order valence-electron chi connectivity index (χ2n) is 3.06. The van der Waals surface area contributed by atoms with Gasteiger partial charge in [-0.2, -0.15) is 0 Å². The standard InChI is InChI=1S/C11H11ClN2OS/c1-2-15-9-6-4-3-5-8(9)11-14-13-10(7-12)16-11/h3-6H,2,7H2,1H3. The topological polar surface area (TPSA) is 35.0 Å². The third-order valence-corrected chi connectivity index (χ3v) is 3.37. The second kappa shape index (κ2) is 5.27. The van der Waals surface area contributed by atoms with Gasteiger partial charge in [0.2, 0.25) is 0 Å². The summed E-state index contributed by atoms with van der Waals surface area (Å²) in [6, 6.07) is 7.81. The van der Waals surface area contributed by atoms with Gasteiger partial charge < -0.3 is 4.74 Å². The molecule has 1 heterocycles. The molecule has 3 nitrogen and oxygen atoms in total. The number of hydrogen-bond acceptors (Lipinski definition) is 4. The van der Waals surface area contributed by atoms with Crippen molar-refractivity contribution in [2.75, 3.05) is 6.61 Å². The lowest BCUT2D eigenvalue weighted by atomic mass is 10.2. The van der Waals surface area contributed by atoms with Gasteiger partial charge in [-0.25, -0.2) is 0 Å². The molecule has 0 saturated heterocycles. The molecule has 1 aromatic carbocycles. The van der Waals surface area contributed by atoms with Crippen LogP contribution in [0.25, 0.3) is 10.6 Å². The van der Waals surface area contributed by atoms with Crippen molar-refractivity contribution in [1.82, 2.24) is 10.2 Å². The van der Waals surface area contributed by atoms with E-state index in [1.807, 2.05) is 31.2 Å². The molecule has 0 N–H and O–H groups in total. The molecule has 0 fully saturated rings. The van der Waals surface area contributed by atoms with Crippen LogP contribution in [0.5, 0.6) is 5.75 Å². The van der Waals surface area contributed by atoms with Crippen LogP contribution in [0.3, 0.4) is 0 Å². The molecule has 0 spiro atoms. The number of nitrogens with zero attached hydrogens (tertiary/aromatic N) is 2. The first-order valence-electron chi connectivity index (χ1n) is 4.95. The Morgan fingerprint density at radius 2 is 2.12 bits per heavy atom. The lowest BCUT2D eigenvalue weighted by Gasteiger charge is -2.06. The number of rotatable bonds is 4. The molecule has 0 bridgehead atoms. The predicted octanol–water partition coefficient (Wildman–Crippen LogP) is 3.34. The molecular formula is C11H11ClN2OS. The Kier molecular flexibility index (Phi) is 3.74. The first-order chi connectivity index (χ1) is 7.85. The van der Waals surface area contributed by atoms with Crippen molar-refractivity contribution >= 4 is 22.9 Å². The highest BCUT2D eigenvalue weighted by Crippen LogP contribution is 2.32. The largest absolute Gasteiger partial charge is 0.493 e. The first kappa shape index (κ1) is 11.4. The van der Waals surface area contributed by atoms with Crippen molar-refractivity contribution in [3.63, 3.8) is 0 Å². The molecule has 0 radical (unpaired) electrons. The van der Waals surface area contributed by atoms with E-state index >= 15 is 0 Å². The van der Waals surface area contributed by atoms with Crippen molar-refractivity contribution in [3.05, 3.63) is 29.3 Å². The number of ether oxygens (including phenoxy) is 1. The molecule has 0 atom stereocenters. The summed E-state index contributed by atoms with van der Waals surface area (Å²) in [5, 5.41) is 9.77. The summed E-state index contributed by atoms with van der Waals surface area (Å²) in [4.78, 5) is 0. The minimum absolute atomic E-state index is 0.397. The van der Waals surface area contributed by atoms with Gasteiger partial charge in [0.15, 0.2) is 5.01 Å². The van der Waals surface area contributed by atoms with Crippen molar-refractivity contribution in [2.45, 2.75) is 12.8 Å². The summed E-state index contributed by atoms with van der Waals surface area (Å²) < 4.78 is 5.54. The molecule has 0 aliphatic heterocycles. The van der Waals surface area contributed by atoms with Crippen LogP contribution in [0.1, 0.15) is 11.9 Å². The number of aromatic nitrogens is 2. The Balaban J connectivity index is 2.38. The maximum absolute atomic E-state index is 5.71. The van der Waals surface area contributed by atoms with Gasteiger partial charge in [-0.05, 0) is 19.1 Å². The zero-order valence-corrected chi connectivity index (χ0v) is 10.4. The fourth-order valence-electron chi connectivity index (χ4n) is 1.34. The van der Waals surface area contributed by atoms with E-state index in [2.05, 4.69) is 10.2 Å². The van der Waals surface area contributed by atoms with Crippen molar-refractivity contribution in [2.24, 2.45) is 0 Å². The fourth-order valence-corrected chi connectivity index (χ4v) is 2.28. The van der Waals surface area contributed by atoms with Gasteiger partial charge in [0, 0.05) is 0 Å². The summed E-state index contributed by atoms with van der Waals surface area (Å²) in [5.74, 6) is 1.23. The lowest BCUT2D eigenvalue weighted by molar-refractivity contribution is 0.341. The molecule has 1 aromatic heterocycles. The van der Waals surface area contributed by atoms with Crippen LogP contribution in [-0.4, -0.2) is 16.8 Å². The van der Waals surface area contributed by atoms with E-state index in [1.165, 1.54) is 11.3 Å². The number of hydrogen-bond donors (Lipinski definition) is 0. The zero-order chi connectivity index (χ0) is 11.4. The van der Waals surface area contributed by atoms with Crippen LogP contribution < -0.4 is 4.74 Å². The van der Waals surface area contributed by atoms with Crippen LogP contribution in [0.4, 0.5) is 0 Å². The van der Waals surface area contributed by atoms with Crippen molar-refractivity contribution in [3.8, 4) is 16.3 Å². The summed E-state index contributed by atoms with van der Waals surface area (Å²) in [7, 11) is 0. The Bertz CT molecular complexity index is 473. The zero-order valence-electron chi connectivity index (χ0n) is 8.81. The van der Waals surface area contributed by atoms with E-state index in [4.69, 9.17) is 16.3 Å². The average molecular weight is 255 g/mol. The molecule has 0 unspecified atom stereocenters. The molecule has 0 amide bonds. The first-order valence-corrected chi connectivity index (χ1v) is 6.30. The molecule has 5 heteroatoms. The number of alkyl halides is 1. The van der Waals surface area contributed by atoms with E-state index in [0.717, 1.165) is 21.3 Å². The fraction of sp³-hybridized carbons (Fsp3) is 0.273.